The van der Waals surface area contributed by atoms with Gasteiger partial charge in [0.2, 0.25) is 5.89 Å². The average molecular weight is 403 g/mol. The minimum Gasteiger partial charge on any atom is -0.483 e. The number of carbonyl (C=O) groups excluding carboxylic acids is 1. The minimum atomic E-state index is -0.152. The Kier molecular flexibility index (Phi) is 5.04. The molecule has 0 radical (unpaired) electrons. The molecule has 0 unspecified atom stereocenters. The van der Waals surface area contributed by atoms with Crippen molar-refractivity contribution < 1.29 is 14.1 Å². The maximum Gasteiger partial charge on any atom is 0.257 e. The Morgan fingerprint density at radius 1 is 1.33 bits per heavy atom. The van der Waals surface area contributed by atoms with Crippen molar-refractivity contribution in [2.24, 2.45) is 0 Å². The van der Waals surface area contributed by atoms with Crippen molar-refractivity contribution >= 4 is 48.9 Å². The van der Waals surface area contributed by atoms with Crippen LogP contribution < -0.4 is 10.1 Å². The number of nitrogens with one attached hydrogen (secondary N) is 1. The number of thiazole rings is 1. The molecule has 1 N–H and O–H groups in total. The van der Waals surface area contributed by atoms with E-state index in [9.17, 15) is 4.79 Å². The lowest BCUT2D eigenvalue weighted by molar-refractivity contribution is -0.123. The monoisotopic (exact) mass is 402 g/mol. The summed E-state index contributed by atoms with van der Waals surface area (Å²) in [5.41, 5.74) is 1.01. The number of hydrogen-bond donors (Lipinski definition) is 1. The molecule has 0 bridgehead atoms. The molecule has 1 aromatic carbocycles. The quantitative estimate of drug-likeness (QED) is 0.475. The number of carbonyl (C=O) groups is 1. The van der Waals surface area contributed by atoms with Crippen molar-refractivity contribution in [2.75, 3.05) is 13.2 Å². The van der Waals surface area contributed by atoms with Crippen LogP contribution in [-0.4, -0.2) is 34.2 Å². The second-order valence-corrected chi connectivity index (χ2v) is 8.25. The van der Waals surface area contributed by atoms with Gasteiger partial charge in [0.15, 0.2) is 12.4 Å². The van der Waals surface area contributed by atoms with E-state index in [1.165, 1.54) is 0 Å². The van der Waals surface area contributed by atoms with Crippen LogP contribution in [0.1, 0.15) is 23.1 Å². The molecule has 0 fully saturated rings. The molecule has 0 saturated carbocycles. The van der Waals surface area contributed by atoms with Crippen LogP contribution in [0.5, 0.6) is 5.75 Å². The lowest BCUT2D eigenvalue weighted by Gasteiger charge is -2.08. The number of aryl methyl sites for hydroxylation is 3. The maximum absolute atomic E-state index is 12.1. The molecule has 3 aromatic heterocycles. The van der Waals surface area contributed by atoms with Crippen LogP contribution in [-0.2, 0) is 11.2 Å². The fourth-order valence-corrected chi connectivity index (χ4v) is 4.64. The summed E-state index contributed by atoms with van der Waals surface area (Å²) in [5.74, 6) is 1.78. The first-order valence-electron chi connectivity index (χ1n) is 8.56. The summed E-state index contributed by atoms with van der Waals surface area (Å²) in [6.45, 7) is 4.29. The number of nitrogens with zero attached hydrogens (tertiary/aromatic N) is 3. The highest BCUT2D eigenvalue weighted by molar-refractivity contribution is 7.21. The lowest BCUT2D eigenvalue weighted by Crippen LogP contribution is -2.29. The number of fused-ring (bicyclic) bond motifs is 3. The summed E-state index contributed by atoms with van der Waals surface area (Å²) in [5, 5.41) is 10.6. The first kappa shape index (κ1) is 17.9. The van der Waals surface area contributed by atoms with Gasteiger partial charge in [-0.3, -0.25) is 4.79 Å². The van der Waals surface area contributed by atoms with Gasteiger partial charge in [0.1, 0.15) is 5.75 Å². The summed E-state index contributed by atoms with van der Waals surface area (Å²) < 4.78 is 13.0. The van der Waals surface area contributed by atoms with E-state index in [2.05, 4.69) is 20.4 Å². The molecule has 0 aliphatic carbocycles. The average Bonchev–Trinajstić information content (AvgIpc) is 3.35. The van der Waals surface area contributed by atoms with Gasteiger partial charge >= 0.3 is 0 Å². The molecule has 4 aromatic rings. The van der Waals surface area contributed by atoms with Crippen molar-refractivity contribution in [1.29, 1.82) is 0 Å². The van der Waals surface area contributed by atoms with E-state index in [1.54, 1.807) is 29.6 Å². The molecule has 9 heteroatoms. The Labute approximate surface area is 163 Å². The number of amides is 1. The van der Waals surface area contributed by atoms with E-state index in [-0.39, 0.29) is 12.5 Å². The first-order chi connectivity index (χ1) is 13.1. The third-order valence-corrected chi connectivity index (χ3v) is 5.83. The highest BCUT2D eigenvalue weighted by atomic mass is 32.1. The molecule has 0 aliphatic heterocycles. The predicted molar refractivity (Wildman–Crippen MR) is 106 cm³/mol. The normalized spacial score (nSPS) is 11.3. The predicted octanol–water partition coefficient (Wildman–Crippen LogP) is 3.64. The van der Waals surface area contributed by atoms with Crippen molar-refractivity contribution in [3.05, 3.63) is 34.2 Å². The molecule has 140 valence electrons. The summed E-state index contributed by atoms with van der Waals surface area (Å²) in [6, 6.07) is 3.98. The van der Waals surface area contributed by atoms with Gasteiger partial charge in [-0.05, 0) is 31.7 Å². The van der Waals surface area contributed by atoms with E-state index in [0.29, 0.717) is 24.7 Å². The van der Waals surface area contributed by atoms with Crippen molar-refractivity contribution in [1.82, 2.24) is 20.4 Å². The topological polar surface area (TPSA) is 90.1 Å². The van der Waals surface area contributed by atoms with Gasteiger partial charge in [-0.2, -0.15) is 4.98 Å². The molecular formula is C18H18N4O3S2. The second kappa shape index (κ2) is 7.61. The zero-order chi connectivity index (χ0) is 18.8. The summed E-state index contributed by atoms with van der Waals surface area (Å²) in [6.07, 6.45) is 1.37. The smallest absolute Gasteiger partial charge is 0.257 e. The van der Waals surface area contributed by atoms with Gasteiger partial charge in [-0.15, -0.1) is 22.7 Å². The van der Waals surface area contributed by atoms with Gasteiger partial charge in [0.25, 0.3) is 5.91 Å². The third-order valence-electron chi connectivity index (χ3n) is 3.99. The molecule has 0 atom stereocenters. The Morgan fingerprint density at radius 3 is 3.04 bits per heavy atom. The highest BCUT2D eigenvalue weighted by Crippen LogP contribution is 2.38. The van der Waals surface area contributed by atoms with Crippen molar-refractivity contribution in [2.45, 2.75) is 26.7 Å². The molecule has 0 aliphatic rings. The standard InChI is InChI=1S/C18H18N4O3S2/c1-10-20-16(25-22-10)4-3-6-19-15(23)9-24-13-8-14-17(21-11(2)27-14)18-12(13)5-7-26-18/h5,7-8H,3-4,6,9H2,1-2H3,(H,19,23). The van der Waals surface area contributed by atoms with Crippen LogP contribution in [0.3, 0.4) is 0 Å². The Bertz CT molecular complexity index is 1100. The first-order valence-corrected chi connectivity index (χ1v) is 10.3. The summed E-state index contributed by atoms with van der Waals surface area (Å²) >= 11 is 3.27. The maximum atomic E-state index is 12.1. The number of rotatable bonds is 7. The lowest BCUT2D eigenvalue weighted by atomic mass is 10.2. The zero-order valence-electron chi connectivity index (χ0n) is 14.9. The van der Waals surface area contributed by atoms with Crippen LogP contribution in [0, 0.1) is 13.8 Å². The largest absolute Gasteiger partial charge is 0.483 e. The van der Waals surface area contributed by atoms with Crippen LogP contribution >= 0.6 is 22.7 Å². The molecule has 7 nitrogen and oxygen atoms in total. The summed E-state index contributed by atoms with van der Waals surface area (Å²) in [7, 11) is 0. The number of ether oxygens (including phenoxy) is 1. The molecule has 4 rings (SSSR count). The molecule has 0 saturated heterocycles. The van der Waals surface area contributed by atoms with E-state index >= 15 is 0 Å². The van der Waals surface area contributed by atoms with Crippen LogP contribution in [0.4, 0.5) is 0 Å². The van der Waals surface area contributed by atoms with Gasteiger partial charge in [-0.1, -0.05) is 5.16 Å². The van der Waals surface area contributed by atoms with Crippen molar-refractivity contribution in [3.63, 3.8) is 0 Å². The van der Waals surface area contributed by atoms with E-state index < -0.39 is 0 Å². The fraction of sp³-hybridized carbons (Fsp3) is 0.333. The van der Waals surface area contributed by atoms with E-state index in [1.807, 2.05) is 24.4 Å². The van der Waals surface area contributed by atoms with E-state index in [0.717, 1.165) is 37.5 Å². The molecular weight excluding hydrogens is 384 g/mol. The van der Waals surface area contributed by atoms with Crippen LogP contribution in [0.2, 0.25) is 0 Å². The third kappa shape index (κ3) is 3.93. The van der Waals surface area contributed by atoms with Gasteiger partial charge < -0.3 is 14.6 Å². The summed E-state index contributed by atoms with van der Waals surface area (Å²) in [4.78, 5) is 20.8. The molecule has 1 amide bonds. The number of thiophene rings is 1. The van der Waals surface area contributed by atoms with Gasteiger partial charge in [0.05, 0.1) is 19.9 Å². The molecule has 0 spiro atoms. The number of hydrogen-bond acceptors (Lipinski definition) is 8. The molecule has 3 heterocycles. The van der Waals surface area contributed by atoms with Gasteiger partial charge in [-0.25, -0.2) is 4.98 Å². The molecule has 27 heavy (non-hydrogen) atoms. The Balaban J connectivity index is 1.33. The Hall–Kier alpha value is -2.52. The Morgan fingerprint density at radius 2 is 2.22 bits per heavy atom. The zero-order valence-corrected chi connectivity index (χ0v) is 16.6. The minimum absolute atomic E-state index is 0.0199. The van der Waals surface area contributed by atoms with Crippen molar-refractivity contribution in [3.8, 4) is 5.75 Å². The fourth-order valence-electron chi connectivity index (χ4n) is 2.81. The van der Waals surface area contributed by atoms with Crippen LogP contribution in [0.15, 0.2) is 22.0 Å². The van der Waals surface area contributed by atoms with E-state index in [4.69, 9.17) is 9.26 Å². The second-order valence-electron chi connectivity index (χ2n) is 6.10. The van der Waals surface area contributed by atoms with Crippen LogP contribution in [0.25, 0.3) is 20.3 Å². The number of benzene rings is 1. The SMILES string of the molecule is Cc1noc(CCCNC(=O)COc2cc3sc(C)nc3c3sccc23)n1. The van der Waals surface area contributed by atoms with Gasteiger partial charge in [0, 0.05) is 24.4 Å². The number of aromatic nitrogens is 3. The highest BCUT2D eigenvalue weighted by Gasteiger charge is 2.13.